The maximum absolute atomic E-state index is 12.7. The Morgan fingerprint density at radius 1 is 1.00 bits per heavy atom. The number of halogens is 4. The van der Waals surface area contributed by atoms with Crippen LogP contribution in [0.25, 0.3) is 0 Å². The minimum atomic E-state index is -1.65. The Balaban J connectivity index is 2.41. The van der Waals surface area contributed by atoms with E-state index in [1.165, 1.54) is 4.31 Å². The van der Waals surface area contributed by atoms with E-state index in [9.17, 15) is 4.79 Å². The van der Waals surface area contributed by atoms with E-state index in [-0.39, 0.29) is 5.91 Å². The second kappa shape index (κ2) is 7.25. The smallest absolute Gasteiger partial charge is 0.268 e. The third kappa shape index (κ3) is 4.80. The molecule has 0 fully saturated rings. The molecule has 7 heteroatoms. The van der Waals surface area contributed by atoms with E-state index in [4.69, 9.17) is 34.8 Å². The standard InChI is InChI=1S/C14H9BrCl3NOS/c15-12-9-5-4-8-11(12)13(20)19(21-14(16,17)18)10-6-2-1-3-7-10/h1-9H. The number of nitrogens with zero attached hydrogens (tertiary/aromatic N) is 1. The molecule has 0 aliphatic rings. The maximum Gasteiger partial charge on any atom is 0.269 e. The average Bonchev–Trinajstić information content (AvgIpc) is 2.45. The van der Waals surface area contributed by atoms with E-state index in [1.807, 2.05) is 24.3 Å². The van der Waals surface area contributed by atoms with Crippen molar-refractivity contribution in [2.75, 3.05) is 4.31 Å². The van der Waals surface area contributed by atoms with Gasteiger partial charge < -0.3 is 0 Å². The summed E-state index contributed by atoms with van der Waals surface area (Å²) in [5, 5.41) is 0. The van der Waals surface area contributed by atoms with Crippen LogP contribution in [-0.4, -0.2) is 9.03 Å². The Morgan fingerprint density at radius 3 is 2.14 bits per heavy atom. The molecule has 0 radical (unpaired) electrons. The SMILES string of the molecule is O=C(c1ccccc1Br)N(SC(Cl)(Cl)Cl)c1ccccc1. The fraction of sp³-hybridized carbons (Fsp3) is 0.0714. The highest BCUT2D eigenvalue weighted by molar-refractivity contribution is 9.10. The molecule has 0 N–H and O–H groups in total. The summed E-state index contributed by atoms with van der Waals surface area (Å²) in [6, 6.07) is 16.1. The lowest BCUT2D eigenvalue weighted by Gasteiger charge is -2.25. The molecule has 0 spiro atoms. The Morgan fingerprint density at radius 2 is 1.57 bits per heavy atom. The Hall–Kier alpha value is -0.390. The molecule has 0 unspecified atom stereocenters. The summed E-state index contributed by atoms with van der Waals surface area (Å²) in [4.78, 5) is 12.7. The molecular weight excluding hydrogens is 416 g/mol. The lowest BCUT2D eigenvalue weighted by molar-refractivity contribution is 0.101. The van der Waals surface area contributed by atoms with Gasteiger partial charge in [-0.2, -0.15) is 0 Å². The molecule has 2 nitrogen and oxygen atoms in total. The highest BCUT2D eigenvalue weighted by atomic mass is 79.9. The van der Waals surface area contributed by atoms with E-state index < -0.39 is 3.12 Å². The Labute approximate surface area is 150 Å². The molecular formula is C14H9BrCl3NOS. The van der Waals surface area contributed by atoms with Gasteiger partial charge in [0.15, 0.2) is 0 Å². The Bertz CT molecular complexity index is 634. The van der Waals surface area contributed by atoms with E-state index in [0.717, 1.165) is 11.9 Å². The minimum absolute atomic E-state index is 0.273. The van der Waals surface area contributed by atoms with Crippen molar-refractivity contribution in [1.82, 2.24) is 0 Å². The van der Waals surface area contributed by atoms with Crippen LogP contribution < -0.4 is 4.31 Å². The quantitative estimate of drug-likeness (QED) is 0.439. The van der Waals surface area contributed by atoms with Gasteiger partial charge in [0.25, 0.3) is 9.03 Å². The van der Waals surface area contributed by atoms with Crippen LogP contribution in [0.2, 0.25) is 0 Å². The number of anilines is 1. The van der Waals surface area contributed by atoms with Gasteiger partial charge in [-0.05, 0) is 40.2 Å². The third-order valence-electron chi connectivity index (χ3n) is 2.47. The molecule has 1 amide bonds. The van der Waals surface area contributed by atoms with Crippen molar-refractivity contribution in [2.24, 2.45) is 0 Å². The number of hydrogen-bond acceptors (Lipinski definition) is 2. The molecule has 0 saturated carbocycles. The second-order valence-corrected chi connectivity index (χ2v) is 8.92. The summed E-state index contributed by atoms with van der Waals surface area (Å²) in [5.41, 5.74) is 1.12. The summed E-state index contributed by atoms with van der Waals surface area (Å²) < 4.78 is 0.403. The van der Waals surface area contributed by atoms with Crippen molar-refractivity contribution in [2.45, 2.75) is 3.12 Å². The number of amides is 1. The van der Waals surface area contributed by atoms with Crippen molar-refractivity contribution in [1.29, 1.82) is 0 Å². The molecule has 2 aromatic carbocycles. The van der Waals surface area contributed by atoms with Crippen molar-refractivity contribution in [3.63, 3.8) is 0 Å². The Kier molecular flexibility index (Phi) is 5.86. The molecule has 0 bridgehead atoms. The number of carbonyl (C=O) groups excluding carboxylic acids is 1. The molecule has 0 aromatic heterocycles. The summed E-state index contributed by atoms with van der Waals surface area (Å²) in [6.45, 7) is 0. The summed E-state index contributed by atoms with van der Waals surface area (Å²) >= 11 is 21.7. The van der Waals surface area contributed by atoms with Crippen LogP contribution in [0.4, 0.5) is 5.69 Å². The molecule has 2 aromatic rings. The predicted molar refractivity (Wildman–Crippen MR) is 95.3 cm³/mol. The maximum atomic E-state index is 12.7. The van der Waals surface area contributed by atoms with Crippen molar-refractivity contribution >= 4 is 74.3 Å². The van der Waals surface area contributed by atoms with Gasteiger partial charge in [0.1, 0.15) is 0 Å². The first-order chi connectivity index (χ1) is 9.88. The topological polar surface area (TPSA) is 20.3 Å². The zero-order valence-corrected chi connectivity index (χ0v) is 15.1. The van der Waals surface area contributed by atoms with Crippen LogP contribution in [0.5, 0.6) is 0 Å². The largest absolute Gasteiger partial charge is 0.269 e. The fourth-order valence-electron chi connectivity index (χ4n) is 1.62. The molecule has 110 valence electrons. The van der Waals surface area contributed by atoms with Gasteiger partial charge in [-0.15, -0.1) is 0 Å². The lowest BCUT2D eigenvalue weighted by atomic mass is 10.2. The normalized spacial score (nSPS) is 11.2. The third-order valence-corrected chi connectivity index (χ3v) is 4.55. The van der Waals surface area contributed by atoms with E-state index >= 15 is 0 Å². The second-order valence-electron chi connectivity index (χ2n) is 3.95. The van der Waals surface area contributed by atoms with Crippen LogP contribution in [0.15, 0.2) is 59.1 Å². The van der Waals surface area contributed by atoms with Crippen LogP contribution in [0.1, 0.15) is 10.4 Å². The molecule has 2 rings (SSSR count). The van der Waals surface area contributed by atoms with Gasteiger partial charge in [-0.25, -0.2) is 4.31 Å². The van der Waals surface area contributed by atoms with Gasteiger partial charge in [0.05, 0.1) is 11.3 Å². The van der Waals surface area contributed by atoms with Crippen molar-refractivity contribution in [3.05, 3.63) is 64.6 Å². The zero-order chi connectivity index (χ0) is 15.5. The molecule has 0 heterocycles. The summed E-state index contributed by atoms with van der Waals surface area (Å²) in [6.07, 6.45) is 0. The van der Waals surface area contributed by atoms with Gasteiger partial charge >= 0.3 is 0 Å². The van der Waals surface area contributed by atoms with Crippen LogP contribution in [0, 0.1) is 0 Å². The predicted octanol–water partition coefficient (Wildman–Crippen LogP) is 6.07. The van der Waals surface area contributed by atoms with Gasteiger partial charge in [0.2, 0.25) is 0 Å². The molecule has 0 aliphatic carbocycles. The van der Waals surface area contributed by atoms with Gasteiger partial charge in [0, 0.05) is 16.4 Å². The van der Waals surface area contributed by atoms with Gasteiger partial charge in [-0.3, -0.25) is 4.79 Å². The van der Waals surface area contributed by atoms with Crippen LogP contribution in [0.3, 0.4) is 0 Å². The van der Waals surface area contributed by atoms with Crippen LogP contribution >= 0.6 is 62.7 Å². The molecule has 0 atom stereocenters. The number of benzene rings is 2. The van der Waals surface area contributed by atoms with Crippen molar-refractivity contribution in [3.8, 4) is 0 Å². The van der Waals surface area contributed by atoms with E-state index in [2.05, 4.69) is 15.9 Å². The zero-order valence-electron chi connectivity index (χ0n) is 10.5. The first kappa shape index (κ1) is 17.0. The lowest BCUT2D eigenvalue weighted by Crippen LogP contribution is -2.27. The average molecular weight is 426 g/mol. The minimum Gasteiger partial charge on any atom is -0.268 e. The number of rotatable bonds is 3. The van der Waals surface area contributed by atoms with E-state index in [0.29, 0.717) is 15.7 Å². The van der Waals surface area contributed by atoms with Gasteiger partial charge in [-0.1, -0.05) is 65.1 Å². The molecule has 0 aliphatic heterocycles. The number of carbonyl (C=O) groups is 1. The number of hydrogen-bond donors (Lipinski definition) is 0. The summed E-state index contributed by atoms with van der Waals surface area (Å²) in [5.74, 6) is -0.273. The first-order valence-electron chi connectivity index (χ1n) is 5.78. The van der Waals surface area contributed by atoms with Crippen molar-refractivity contribution < 1.29 is 4.79 Å². The molecule has 21 heavy (non-hydrogen) atoms. The summed E-state index contributed by atoms with van der Waals surface area (Å²) in [7, 11) is 0. The first-order valence-corrected chi connectivity index (χ1v) is 8.48. The molecule has 0 saturated heterocycles. The monoisotopic (exact) mass is 423 g/mol. The van der Waals surface area contributed by atoms with E-state index in [1.54, 1.807) is 30.3 Å². The highest BCUT2D eigenvalue weighted by Gasteiger charge is 2.30. The number of alkyl halides is 3. The number of para-hydroxylation sites is 1. The highest BCUT2D eigenvalue weighted by Crippen LogP contribution is 2.43. The fourth-order valence-corrected chi connectivity index (χ4v) is 3.31. The van der Waals surface area contributed by atoms with Crippen LogP contribution in [-0.2, 0) is 0 Å².